The Bertz CT molecular complexity index is 219. The summed E-state index contributed by atoms with van der Waals surface area (Å²) in [4.78, 5) is 3.93. The molecule has 0 saturated heterocycles. The van der Waals surface area contributed by atoms with Gasteiger partial charge in [-0.05, 0) is 6.42 Å². The number of nitrogens with zero attached hydrogens (tertiary/aromatic N) is 2. The van der Waals surface area contributed by atoms with E-state index in [4.69, 9.17) is 11.5 Å². The fourth-order valence-corrected chi connectivity index (χ4v) is 0.794. The minimum Gasteiger partial charge on any atom is -0.367 e. The molecule has 0 amide bonds. The van der Waals surface area contributed by atoms with Crippen molar-refractivity contribution in [3.05, 3.63) is 5.82 Å². The third-order valence-electron chi connectivity index (χ3n) is 1.53. The molecular weight excluding hydrogens is 142 g/mol. The van der Waals surface area contributed by atoms with Gasteiger partial charge in [-0.2, -0.15) is 4.98 Å². The van der Waals surface area contributed by atoms with Crippen molar-refractivity contribution in [3.8, 4) is 0 Å². The Labute approximate surface area is 65.2 Å². The predicted molar refractivity (Wildman–Crippen MR) is 42.8 cm³/mol. The van der Waals surface area contributed by atoms with Crippen LogP contribution < -0.4 is 11.5 Å². The highest BCUT2D eigenvalue weighted by Crippen LogP contribution is 1.98. The van der Waals surface area contributed by atoms with Crippen molar-refractivity contribution >= 4 is 5.95 Å². The summed E-state index contributed by atoms with van der Waals surface area (Å²) >= 11 is 0. The lowest BCUT2D eigenvalue weighted by molar-refractivity contribution is 0.626. The Hall–Kier alpha value is -1.10. The van der Waals surface area contributed by atoms with Crippen LogP contribution in [0, 0.1) is 0 Å². The van der Waals surface area contributed by atoms with E-state index in [1.54, 1.807) is 0 Å². The van der Waals surface area contributed by atoms with Crippen molar-refractivity contribution in [2.45, 2.75) is 25.8 Å². The third-order valence-corrected chi connectivity index (χ3v) is 1.53. The van der Waals surface area contributed by atoms with Gasteiger partial charge in [0, 0.05) is 12.5 Å². The zero-order valence-electron chi connectivity index (χ0n) is 6.54. The van der Waals surface area contributed by atoms with Gasteiger partial charge in [-0.3, -0.25) is 5.10 Å². The molecule has 62 valence electrons. The molecule has 0 aliphatic carbocycles. The van der Waals surface area contributed by atoms with Gasteiger partial charge in [-0.1, -0.05) is 6.92 Å². The Balaban J connectivity index is 2.50. The smallest absolute Gasteiger partial charge is 0.239 e. The van der Waals surface area contributed by atoms with E-state index in [1.807, 2.05) is 6.92 Å². The summed E-state index contributed by atoms with van der Waals surface area (Å²) in [5, 5.41) is 6.39. The molecule has 1 heterocycles. The van der Waals surface area contributed by atoms with Gasteiger partial charge in [0.2, 0.25) is 5.95 Å². The van der Waals surface area contributed by atoms with Gasteiger partial charge in [-0.15, -0.1) is 5.10 Å². The summed E-state index contributed by atoms with van der Waals surface area (Å²) in [5.74, 6) is 1.04. The van der Waals surface area contributed by atoms with Crippen molar-refractivity contribution < 1.29 is 0 Å². The fourth-order valence-electron chi connectivity index (χ4n) is 0.794. The van der Waals surface area contributed by atoms with Crippen LogP contribution in [0.15, 0.2) is 0 Å². The Morgan fingerprint density at radius 1 is 1.64 bits per heavy atom. The van der Waals surface area contributed by atoms with E-state index in [0.717, 1.165) is 12.2 Å². The lowest BCUT2D eigenvalue weighted by atomic mass is 10.2. The normalized spacial score (nSPS) is 13.3. The number of aromatic amines is 1. The Kier molecular flexibility index (Phi) is 2.43. The molecular formula is C6H13N5. The molecule has 1 rings (SSSR count). The van der Waals surface area contributed by atoms with Crippen LogP contribution in [-0.2, 0) is 6.42 Å². The second-order valence-corrected chi connectivity index (χ2v) is 2.51. The minimum atomic E-state index is 0.141. The highest BCUT2D eigenvalue weighted by molar-refractivity contribution is 5.12. The molecule has 11 heavy (non-hydrogen) atoms. The molecule has 5 N–H and O–H groups in total. The van der Waals surface area contributed by atoms with Crippen LogP contribution in [0.25, 0.3) is 0 Å². The van der Waals surface area contributed by atoms with Crippen LogP contribution in [0.1, 0.15) is 19.2 Å². The van der Waals surface area contributed by atoms with Crippen molar-refractivity contribution in [2.24, 2.45) is 5.73 Å². The van der Waals surface area contributed by atoms with Gasteiger partial charge in [0.15, 0.2) is 0 Å². The van der Waals surface area contributed by atoms with Crippen LogP contribution in [0.5, 0.6) is 0 Å². The maximum absolute atomic E-state index is 5.69. The van der Waals surface area contributed by atoms with Crippen molar-refractivity contribution in [2.75, 3.05) is 5.73 Å². The zero-order chi connectivity index (χ0) is 8.27. The number of H-pyrrole nitrogens is 1. The first-order valence-electron chi connectivity index (χ1n) is 3.64. The van der Waals surface area contributed by atoms with Crippen LogP contribution in [0.4, 0.5) is 5.95 Å². The fraction of sp³-hybridized carbons (Fsp3) is 0.667. The third kappa shape index (κ3) is 2.19. The van der Waals surface area contributed by atoms with Crippen molar-refractivity contribution in [3.63, 3.8) is 0 Å². The van der Waals surface area contributed by atoms with Crippen LogP contribution >= 0.6 is 0 Å². The monoisotopic (exact) mass is 155 g/mol. The summed E-state index contributed by atoms with van der Waals surface area (Å²) in [5.41, 5.74) is 11.0. The predicted octanol–water partition coefficient (Wildman–Crippen LogP) is -0.333. The van der Waals surface area contributed by atoms with Gasteiger partial charge in [-0.25, -0.2) is 0 Å². The molecule has 0 radical (unpaired) electrons. The molecule has 1 atom stereocenters. The molecule has 1 aromatic rings. The average Bonchev–Trinajstić information content (AvgIpc) is 2.35. The van der Waals surface area contributed by atoms with Crippen molar-refractivity contribution in [1.29, 1.82) is 0 Å². The van der Waals surface area contributed by atoms with E-state index in [1.165, 1.54) is 0 Å². The number of hydrogen-bond acceptors (Lipinski definition) is 4. The molecule has 0 aliphatic rings. The first-order valence-corrected chi connectivity index (χ1v) is 3.64. The Morgan fingerprint density at radius 2 is 2.36 bits per heavy atom. The second-order valence-electron chi connectivity index (χ2n) is 2.51. The van der Waals surface area contributed by atoms with E-state index in [0.29, 0.717) is 6.42 Å². The summed E-state index contributed by atoms with van der Waals surface area (Å²) in [6.45, 7) is 2.03. The standard InChI is InChI=1S/C6H13N5/c1-2-4(7)3-5-9-6(8)11-10-5/h4H,2-3,7H2,1H3,(H3,8,9,10,11). The molecule has 5 heteroatoms. The highest BCUT2D eigenvalue weighted by atomic mass is 15.3. The minimum absolute atomic E-state index is 0.141. The second kappa shape index (κ2) is 3.34. The number of anilines is 1. The summed E-state index contributed by atoms with van der Waals surface area (Å²) < 4.78 is 0. The van der Waals surface area contributed by atoms with E-state index >= 15 is 0 Å². The molecule has 0 aromatic carbocycles. The summed E-state index contributed by atoms with van der Waals surface area (Å²) in [6, 6.07) is 0.141. The van der Waals surface area contributed by atoms with E-state index in [2.05, 4.69) is 15.2 Å². The first kappa shape index (κ1) is 8.00. The summed E-state index contributed by atoms with van der Waals surface area (Å²) in [6.07, 6.45) is 1.64. The van der Waals surface area contributed by atoms with Crippen LogP contribution in [0.3, 0.4) is 0 Å². The highest BCUT2D eigenvalue weighted by Gasteiger charge is 2.04. The summed E-state index contributed by atoms with van der Waals surface area (Å²) in [7, 11) is 0. The van der Waals surface area contributed by atoms with Gasteiger partial charge in [0.05, 0.1) is 0 Å². The first-order chi connectivity index (χ1) is 5.22. The van der Waals surface area contributed by atoms with E-state index in [9.17, 15) is 0 Å². The van der Waals surface area contributed by atoms with Gasteiger partial charge in [0.1, 0.15) is 5.82 Å². The quantitative estimate of drug-likeness (QED) is 0.557. The van der Waals surface area contributed by atoms with Gasteiger partial charge in [0.25, 0.3) is 0 Å². The van der Waals surface area contributed by atoms with Crippen LogP contribution in [0.2, 0.25) is 0 Å². The molecule has 0 spiro atoms. The average molecular weight is 155 g/mol. The molecule has 0 bridgehead atoms. The number of nitrogens with one attached hydrogen (secondary N) is 1. The number of aromatic nitrogens is 3. The molecule has 1 unspecified atom stereocenters. The molecule has 0 saturated carbocycles. The molecule has 1 aromatic heterocycles. The SMILES string of the molecule is CCC(N)Cc1nc(N)n[nH]1. The Morgan fingerprint density at radius 3 is 2.82 bits per heavy atom. The number of nitrogen functional groups attached to an aromatic ring is 1. The maximum Gasteiger partial charge on any atom is 0.239 e. The van der Waals surface area contributed by atoms with Crippen LogP contribution in [-0.4, -0.2) is 21.2 Å². The zero-order valence-corrected chi connectivity index (χ0v) is 6.54. The molecule has 0 aliphatic heterocycles. The molecule has 5 nitrogen and oxygen atoms in total. The number of nitrogens with two attached hydrogens (primary N) is 2. The lowest BCUT2D eigenvalue weighted by Crippen LogP contribution is -2.22. The number of rotatable bonds is 3. The van der Waals surface area contributed by atoms with Gasteiger partial charge < -0.3 is 11.5 Å². The lowest BCUT2D eigenvalue weighted by Gasteiger charge is -2.03. The van der Waals surface area contributed by atoms with Crippen molar-refractivity contribution in [1.82, 2.24) is 15.2 Å². The maximum atomic E-state index is 5.69. The number of hydrogen-bond donors (Lipinski definition) is 3. The van der Waals surface area contributed by atoms with E-state index in [-0.39, 0.29) is 12.0 Å². The van der Waals surface area contributed by atoms with E-state index < -0.39 is 0 Å². The molecule has 0 fully saturated rings. The largest absolute Gasteiger partial charge is 0.367 e. The topological polar surface area (TPSA) is 93.6 Å². The van der Waals surface area contributed by atoms with Gasteiger partial charge >= 0.3 is 0 Å².